The minimum atomic E-state index is 0.712. The molecule has 0 bridgehead atoms. The largest absolute Gasteiger partial charge is 0.421 e. The van der Waals surface area contributed by atoms with E-state index in [-0.39, 0.29) is 0 Å². The molecule has 0 amide bonds. The van der Waals surface area contributed by atoms with Gasteiger partial charge >= 0.3 is 0 Å². The van der Waals surface area contributed by atoms with E-state index in [1.54, 1.807) is 0 Å². The van der Waals surface area contributed by atoms with E-state index in [1.807, 2.05) is 24.5 Å². The van der Waals surface area contributed by atoms with E-state index in [4.69, 9.17) is 4.74 Å². The zero-order valence-electron chi connectivity index (χ0n) is 8.94. The molecular weight excluding hydrogens is 204 g/mol. The van der Waals surface area contributed by atoms with Crippen LogP contribution in [0, 0.1) is 0 Å². The second kappa shape index (κ2) is 3.92. The van der Waals surface area contributed by atoms with Crippen LogP contribution in [0.3, 0.4) is 0 Å². The van der Waals surface area contributed by atoms with Crippen molar-refractivity contribution in [3.63, 3.8) is 0 Å². The van der Waals surface area contributed by atoms with Crippen molar-refractivity contribution < 1.29 is 4.74 Å². The maximum Gasteiger partial charge on any atom is 0.240 e. The first kappa shape index (κ1) is 9.33. The number of anilines is 1. The van der Waals surface area contributed by atoms with Gasteiger partial charge in [-0.05, 0) is 18.9 Å². The Labute approximate surface area is 93.4 Å². The summed E-state index contributed by atoms with van der Waals surface area (Å²) in [4.78, 5) is 5.30. The number of nitrogens with one attached hydrogen (secondary N) is 2. The van der Waals surface area contributed by atoms with Crippen LogP contribution in [0.4, 0.5) is 5.69 Å². The maximum absolute atomic E-state index is 5.69. The Bertz CT molecular complexity index is 442. The van der Waals surface area contributed by atoms with Crippen LogP contribution in [-0.2, 0) is 0 Å². The smallest absolute Gasteiger partial charge is 0.240 e. The average Bonchev–Trinajstić information content (AvgIpc) is 2.98. The molecule has 16 heavy (non-hydrogen) atoms. The van der Waals surface area contributed by atoms with Crippen LogP contribution < -0.4 is 9.64 Å². The second-order valence-corrected chi connectivity index (χ2v) is 3.91. The zero-order valence-corrected chi connectivity index (χ0v) is 8.94. The lowest BCUT2D eigenvalue weighted by atomic mass is 10.4. The van der Waals surface area contributed by atoms with E-state index in [0.29, 0.717) is 5.88 Å². The van der Waals surface area contributed by atoms with Crippen LogP contribution >= 0.6 is 0 Å². The van der Waals surface area contributed by atoms with Crippen molar-refractivity contribution in [2.24, 2.45) is 0 Å². The van der Waals surface area contributed by atoms with Gasteiger partial charge in [-0.25, -0.2) is 5.10 Å². The number of hydrogen-bond donors (Lipinski definition) is 2. The molecule has 3 rings (SSSR count). The van der Waals surface area contributed by atoms with Crippen molar-refractivity contribution in [1.82, 2.24) is 15.2 Å². The van der Waals surface area contributed by atoms with Gasteiger partial charge in [-0.3, -0.25) is 0 Å². The monoisotopic (exact) mass is 218 g/mol. The van der Waals surface area contributed by atoms with Gasteiger partial charge in [-0.15, -0.1) is 0 Å². The Morgan fingerprint density at radius 1 is 1.31 bits per heavy atom. The fourth-order valence-electron chi connectivity index (χ4n) is 2.01. The summed E-state index contributed by atoms with van der Waals surface area (Å²) in [6.45, 7) is 2.17. The first-order valence-corrected chi connectivity index (χ1v) is 5.53. The number of rotatable bonds is 3. The molecule has 0 aliphatic carbocycles. The van der Waals surface area contributed by atoms with E-state index in [2.05, 4.69) is 20.1 Å². The molecule has 1 saturated heterocycles. The van der Waals surface area contributed by atoms with Gasteiger partial charge in [-0.1, -0.05) is 0 Å². The predicted molar refractivity (Wildman–Crippen MR) is 60.9 cm³/mol. The molecule has 3 heterocycles. The van der Waals surface area contributed by atoms with E-state index < -0.39 is 0 Å². The number of nitrogens with zero attached hydrogens (tertiary/aromatic N) is 2. The van der Waals surface area contributed by atoms with Gasteiger partial charge < -0.3 is 14.6 Å². The number of ether oxygens (including phenoxy) is 1. The molecule has 2 aromatic rings. The molecule has 5 heteroatoms. The number of H-pyrrole nitrogens is 2. The first-order chi connectivity index (χ1) is 7.93. The van der Waals surface area contributed by atoms with Crippen LogP contribution in [0.5, 0.6) is 11.8 Å². The van der Waals surface area contributed by atoms with Crippen molar-refractivity contribution in [1.29, 1.82) is 0 Å². The van der Waals surface area contributed by atoms with Crippen molar-refractivity contribution in [2.75, 3.05) is 18.0 Å². The van der Waals surface area contributed by atoms with Crippen LogP contribution in [-0.4, -0.2) is 28.3 Å². The van der Waals surface area contributed by atoms with Gasteiger partial charge in [0.1, 0.15) is 5.69 Å². The Kier molecular flexibility index (Phi) is 2.29. The summed E-state index contributed by atoms with van der Waals surface area (Å²) in [6.07, 6.45) is 6.14. The quantitative estimate of drug-likeness (QED) is 0.829. The lowest BCUT2D eigenvalue weighted by molar-refractivity contribution is 0.446. The summed E-state index contributed by atoms with van der Waals surface area (Å²) in [5.41, 5.74) is 1.05. The number of aromatic nitrogens is 3. The minimum absolute atomic E-state index is 0.712. The van der Waals surface area contributed by atoms with Gasteiger partial charge in [0.05, 0.1) is 6.20 Å². The molecule has 2 N–H and O–H groups in total. The molecule has 0 spiro atoms. The van der Waals surface area contributed by atoms with Crippen LogP contribution in [0.15, 0.2) is 24.5 Å². The van der Waals surface area contributed by atoms with E-state index in [0.717, 1.165) is 24.7 Å². The summed E-state index contributed by atoms with van der Waals surface area (Å²) in [6, 6.07) is 3.79. The fourth-order valence-corrected chi connectivity index (χ4v) is 2.01. The molecule has 5 nitrogen and oxygen atoms in total. The van der Waals surface area contributed by atoms with Gasteiger partial charge in [0, 0.05) is 25.4 Å². The molecule has 1 aliphatic rings. The SMILES string of the molecule is c1c[nH]c(Oc2[nH]ncc2N2CCCC2)c1. The van der Waals surface area contributed by atoms with E-state index >= 15 is 0 Å². The third-order valence-corrected chi connectivity index (χ3v) is 2.81. The Morgan fingerprint density at radius 2 is 2.19 bits per heavy atom. The maximum atomic E-state index is 5.69. The van der Waals surface area contributed by atoms with Crippen molar-refractivity contribution in [3.8, 4) is 11.8 Å². The van der Waals surface area contributed by atoms with Gasteiger partial charge in [0.15, 0.2) is 5.88 Å². The summed E-state index contributed by atoms with van der Waals surface area (Å²) in [5, 5.41) is 6.93. The molecule has 0 saturated carbocycles. The zero-order chi connectivity index (χ0) is 10.8. The molecule has 0 unspecified atom stereocenters. The lowest BCUT2D eigenvalue weighted by Gasteiger charge is -2.16. The topological polar surface area (TPSA) is 56.9 Å². The lowest BCUT2D eigenvalue weighted by Crippen LogP contribution is -2.17. The Hall–Kier alpha value is -1.91. The summed E-state index contributed by atoms with van der Waals surface area (Å²) in [7, 11) is 0. The molecule has 0 radical (unpaired) electrons. The molecule has 1 fully saturated rings. The Balaban J connectivity index is 1.82. The van der Waals surface area contributed by atoms with Crippen molar-refractivity contribution in [2.45, 2.75) is 12.8 Å². The minimum Gasteiger partial charge on any atom is -0.421 e. The molecule has 1 aliphatic heterocycles. The molecule has 0 aromatic carbocycles. The predicted octanol–water partition coefficient (Wildman–Crippen LogP) is 2.13. The van der Waals surface area contributed by atoms with Crippen molar-refractivity contribution in [3.05, 3.63) is 24.5 Å². The van der Waals surface area contributed by atoms with Gasteiger partial charge in [0.25, 0.3) is 0 Å². The summed E-state index contributed by atoms with van der Waals surface area (Å²) < 4.78 is 5.69. The molecule has 0 atom stereocenters. The van der Waals surface area contributed by atoms with E-state index in [1.165, 1.54) is 12.8 Å². The molecular formula is C11H14N4O. The number of aromatic amines is 2. The van der Waals surface area contributed by atoms with Gasteiger partial charge in [0.2, 0.25) is 5.88 Å². The number of hydrogen-bond acceptors (Lipinski definition) is 3. The normalized spacial score (nSPS) is 15.6. The third kappa shape index (κ3) is 1.64. The highest BCUT2D eigenvalue weighted by Gasteiger charge is 2.18. The summed E-state index contributed by atoms with van der Waals surface area (Å²) in [5.74, 6) is 1.44. The van der Waals surface area contributed by atoms with Crippen LogP contribution in [0.1, 0.15) is 12.8 Å². The second-order valence-electron chi connectivity index (χ2n) is 3.91. The highest BCUT2D eigenvalue weighted by atomic mass is 16.5. The van der Waals surface area contributed by atoms with E-state index in [9.17, 15) is 0 Å². The molecule has 2 aromatic heterocycles. The standard InChI is InChI=1S/C11H14N4O/c1-2-7-15(6-1)9-8-13-14-11(9)16-10-4-3-5-12-10/h3-5,8,12H,1-2,6-7H2,(H,13,14). The third-order valence-electron chi connectivity index (χ3n) is 2.81. The first-order valence-electron chi connectivity index (χ1n) is 5.53. The Morgan fingerprint density at radius 3 is 2.94 bits per heavy atom. The van der Waals surface area contributed by atoms with Crippen LogP contribution in [0.25, 0.3) is 0 Å². The summed E-state index contributed by atoms with van der Waals surface area (Å²) >= 11 is 0. The average molecular weight is 218 g/mol. The highest BCUT2D eigenvalue weighted by molar-refractivity contribution is 5.55. The fraction of sp³-hybridized carbons (Fsp3) is 0.364. The molecule has 84 valence electrons. The van der Waals surface area contributed by atoms with Gasteiger partial charge in [-0.2, -0.15) is 5.10 Å². The highest BCUT2D eigenvalue weighted by Crippen LogP contribution is 2.31. The van der Waals surface area contributed by atoms with Crippen molar-refractivity contribution >= 4 is 5.69 Å². The van der Waals surface area contributed by atoms with Crippen LogP contribution in [0.2, 0.25) is 0 Å².